The molecule has 1 aromatic heterocycles. The molecule has 156 valence electrons. The average molecular weight is 405 g/mol. The Morgan fingerprint density at radius 2 is 1.68 bits per heavy atom. The molecule has 3 rings (SSSR count). The number of rotatable bonds is 11. The summed E-state index contributed by atoms with van der Waals surface area (Å²) in [6.07, 6.45) is 15.7. The van der Waals surface area contributed by atoms with Crippen LogP contribution in [0.15, 0.2) is 18.2 Å². The Kier molecular flexibility index (Phi) is 9.91. The Labute approximate surface area is 177 Å². The molecule has 0 atom stereocenters. The van der Waals surface area contributed by atoms with Gasteiger partial charge in [0.1, 0.15) is 5.75 Å². The molecular formula is C24H37ClN2O. The number of hydrogen-bond acceptors (Lipinski definition) is 3. The highest BCUT2D eigenvalue weighted by atomic mass is 35.5. The van der Waals surface area contributed by atoms with Gasteiger partial charge in [0.15, 0.2) is 0 Å². The Hall–Kier alpha value is -1.48. The smallest absolute Gasteiger partial charge is 0.119 e. The minimum atomic E-state index is 0. The maximum atomic E-state index is 5.46. The van der Waals surface area contributed by atoms with Gasteiger partial charge in [0, 0.05) is 23.3 Å². The van der Waals surface area contributed by atoms with Gasteiger partial charge in [0.25, 0.3) is 0 Å². The molecule has 1 heterocycles. The summed E-state index contributed by atoms with van der Waals surface area (Å²) in [5.74, 6) is 0.912. The molecule has 3 nitrogen and oxygen atoms in total. The van der Waals surface area contributed by atoms with E-state index in [2.05, 4.69) is 24.4 Å². The van der Waals surface area contributed by atoms with Crippen LogP contribution in [0.2, 0.25) is 0 Å². The van der Waals surface area contributed by atoms with Gasteiger partial charge in [-0.3, -0.25) is 4.98 Å². The number of hydrogen-bond donors (Lipinski definition) is 1. The predicted octanol–water partition coefficient (Wildman–Crippen LogP) is 7.10. The second kappa shape index (κ2) is 12.2. The summed E-state index contributed by atoms with van der Waals surface area (Å²) in [6.45, 7) is 3.33. The number of benzene rings is 1. The molecule has 0 bridgehead atoms. The molecule has 0 saturated carbocycles. The van der Waals surface area contributed by atoms with E-state index < -0.39 is 0 Å². The quantitative estimate of drug-likeness (QED) is 0.405. The predicted molar refractivity (Wildman–Crippen MR) is 123 cm³/mol. The fraction of sp³-hybridized carbons (Fsp3) is 0.625. The summed E-state index contributed by atoms with van der Waals surface area (Å²) in [4.78, 5) is 4.95. The lowest BCUT2D eigenvalue weighted by atomic mass is 9.92. The lowest BCUT2D eigenvalue weighted by Gasteiger charge is -2.22. The van der Waals surface area contributed by atoms with Crippen molar-refractivity contribution in [3.63, 3.8) is 0 Å². The first-order chi connectivity index (χ1) is 13.3. The first-order valence-electron chi connectivity index (χ1n) is 11.1. The highest BCUT2D eigenvalue weighted by Gasteiger charge is 2.18. The molecule has 1 aromatic carbocycles. The maximum Gasteiger partial charge on any atom is 0.119 e. The summed E-state index contributed by atoms with van der Waals surface area (Å²) < 4.78 is 5.46. The number of anilines is 1. The summed E-state index contributed by atoms with van der Waals surface area (Å²) in [6, 6.07) is 6.27. The zero-order chi connectivity index (χ0) is 18.9. The van der Waals surface area contributed by atoms with E-state index in [0.29, 0.717) is 0 Å². The first-order valence-corrected chi connectivity index (χ1v) is 11.1. The highest BCUT2D eigenvalue weighted by molar-refractivity contribution is 5.94. The van der Waals surface area contributed by atoms with Crippen molar-refractivity contribution in [1.29, 1.82) is 0 Å². The largest absolute Gasteiger partial charge is 0.497 e. The van der Waals surface area contributed by atoms with Crippen molar-refractivity contribution in [3.05, 3.63) is 29.5 Å². The SMILES string of the molecule is CCCCCCCCCCNc1c2c(nc3ccc(OC)cc13)CCCC2.Cl. The van der Waals surface area contributed by atoms with E-state index in [1.54, 1.807) is 7.11 Å². The van der Waals surface area contributed by atoms with E-state index in [-0.39, 0.29) is 12.4 Å². The van der Waals surface area contributed by atoms with E-state index in [0.717, 1.165) is 30.7 Å². The van der Waals surface area contributed by atoms with Crippen molar-refractivity contribution in [1.82, 2.24) is 4.98 Å². The van der Waals surface area contributed by atoms with Crippen LogP contribution in [0.1, 0.15) is 82.4 Å². The fourth-order valence-corrected chi connectivity index (χ4v) is 4.20. The number of pyridine rings is 1. The van der Waals surface area contributed by atoms with Crippen LogP contribution in [0.5, 0.6) is 5.75 Å². The number of aromatic nitrogens is 1. The Morgan fingerprint density at radius 3 is 2.43 bits per heavy atom. The summed E-state index contributed by atoms with van der Waals surface area (Å²) in [5, 5.41) is 5.00. The Bertz CT molecular complexity index is 732. The Morgan fingerprint density at radius 1 is 0.964 bits per heavy atom. The molecule has 0 saturated heterocycles. The van der Waals surface area contributed by atoms with Gasteiger partial charge in [-0.05, 0) is 55.9 Å². The topological polar surface area (TPSA) is 34.2 Å². The van der Waals surface area contributed by atoms with Crippen LogP contribution in [0.25, 0.3) is 10.9 Å². The van der Waals surface area contributed by atoms with E-state index >= 15 is 0 Å². The minimum Gasteiger partial charge on any atom is -0.497 e. The minimum absolute atomic E-state index is 0. The van der Waals surface area contributed by atoms with Gasteiger partial charge in [0.2, 0.25) is 0 Å². The summed E-state index contributed by atoms with van der Waals surface area (Å²) >= 11 is 0. The highest BCUT2D eigenvalue weighted by Crippen LogP contribution is 2.35. The zero-order valence-corrected chi connectivity index (χ0v) is 18.5. The van der Waals surface area contributed by atoms with E-state index in [1.807, 2.05) is 6.07 Å². The van der Waals surface area contributed by atoms with Crippen molar-refractivity contribution >= 4 is 29.0 Å². The molecule has 1 aliphatic rings. The first kappa shape index (κ1) is 22.8. The monoisotopic (exact) mass is 404 g/mol. The second-order valence-electron chi connectivity index (χ2n) is 7.90. The van der Waals surface area contributed by atoms with E-state index in [1.165, 1.54) is 86.5 Å². The van der Waals surface area contributed by atoms with Crippen molar-refractivity contribution < 1.29 is 4.74 Å². The van der Waals surface area contributed by atoms with Crippen LogP contribution in [-0.2, 0) is 12.8 Å². The summed E-state index contributed by atoms with van der Waals surface area (Å²) in [7, 11) is 1.74. The van der Waals surface area contributed by atoms with Crippen LogP contribution >= 0.6 is 12.4 Å². The van der Waals surface area contributed by atoms with Gasteiger partial charge in [-0.2, -0.15) is 0 Å². The van der Waals surface area contributed by atoms with Gasteiger partial charge in [-0.25, -0.2) is 0 Å². The van der Waals surface area contributed by atoms with E-state index in [4.69, 9.17) is 9.72 Å². The van der Waals surface area contributed by atoms with Gasteiger partial charge in [0.05, 0.1) is 12.6 Å². The molecule has 0 amide bonds. The van der Waals surface area contributed by atoms with Crippen molar-refractivity contribution in [2.45, 2.75) is 84.0 Å². The molecular weight excluding hydrogens is 368 g/mol. The molecule has 0 aliphatic heterocycles. The Balaban J connectivity index is 0.00000280. The number of methoxy groups -OCH3 is 1. The average Bonchev–Trinajstić information content (AvgIpc) is 2.71. The normalized spacial score (nSPS) is 13.1. The van der Waals surface area contributed by atoms with Crippen molar-refractivity contribution in [3.8, 4) is 5.75 Å². The lowest BCUT2D eigenvalue weighted by molar-refractivity contribution is 0.415. The number of nitrogens with zero attached hydrogens (tertiary/aromatic N) is 1. The maximum absolute atomic E-state index is 5.46. The molecule has 28 heavy (non-hydrogen) atoms. The summed E-state index contributed by atoms with van der Waals surface area (Å²) in [5.41, 5.74) is 5.16. The number of aryl methyl sites for hydroxylation is 1. The van der Waals surface area contributed by atoms with Crippen LogP contribution in [0.3, 0.4) is 0 Å². The number of ether oxygens (including phenoxy) is 1. The molecule has 2 aromatic rings. The molecule has 0 radical (unpaired) electrons. The van der Waals surface area contributed by atoms with Crippen LogP contribution in [-0.4, -0.2) is 18.6 Å². The van der Waals surface area contributed by atoms with E-state index in [9.17, 15) is 0 Å². The standard InChI is InChI=1S/C24H36N2O.ClH/c1-3-4-5-6-7-8-9-12-17-25-24-20-13-10-11-14-22(20)26-23-16-15-19(27-2)18-21(23)24;/h15-16,18H,3-14,17H2,1-2H3,(H,25,26);1H. The number of fused-ring (bicyclic) bond motifs is 2. The number of halogens is 1. The second-order valence-corrected chi connectivity index (χ2v) is 7.90. The third kappa shape index (κ3) is 6.01. The van der Waals surface area contributed by atoms with Gasteiger partial charge in [-0.1, -0.05) is 51.9 Å². The fourth-order valence-electron chi connectivity index (χ4n) is 4.20. The van der Waals surface area contributed by atoms with Gasteiger partial charge in [-0.15, -0.1) is 12.4 Å². The van der Waals surface area contributed by atoms with Gasteiger partial charge < -0.3 is 10.1 Å². The zero-order valence-electron chi connectivity index (χ0n) is 17.7. The van der Waals surface area contributed by atoms with Crippen molar-refractivity contribution in [2.24, 2.45) is 0 Å². The lowest BCUT2D eigenvalue weighted by Crippen LogP contribution is -2.12. The third-order valence-electron chi connectivity index (χ3n) is 5.80. The molecule has 1 N–H and O–H groups in total. The van der Waals surface area contributed by atoms with Crippen molar-refractivity contribution in [2.75, 3.05) is 19.0 Å². The van der Waals surface area contributed by atoms with Crippen LogP contribution in [0, 0.1) is 0 Å². The van der Waals surface area contributed by atoms with Gasteiger partial charge >= 0.3 is 0 Å². The van der Waals surface area contributed by atoms with Crippen LogP contribution in [0.4, 0.5) is 5.69 Å². The molecule has 0 fully saturated rings. The molecule has 4 heteroatoms. The molecule has 0 spiro atoms. The number of nitrogens with one attached hydrogen (secondary N) is 1. The molecule has 0 unspecified atom stereocenters. The van der Waals surface area contributed by atoms with Crippen LogP contribution < -0.4 is 10.1 Å². The number of unbranched alkanes of at least 4 members (excludes halogenated alkanes) is 7. The third-order valence-corrected chi connectivity index (χ3v) is 5.80. The molecule has 1 aliphatic carbocycles.